The topological polar surface area (TPSA) is 81.0 Å². The fourth-order valence-electron chi connectivity index (χ4n) is 4.30. The number of benzene rings is 3. The second kappa shape index (κ2) is 10.1. The van der Waals surface area contributed by atoms with Crippen molar-refractivity contribution < 1.29 is 18.7 Å². The molecule has 5 rings (SSSR count). The number of aromatic nitrogens is 2. The van der Waals surface area contributed by atoms with Crippen LogP contribution in [0.4, 0.5) is 9.18 Å². The van der Waals surface area contributed by atoms with Crippen LogP contribution in [0.15, 0.2) is 78.0 Å². The van der Waals surface area contributed by atoms with Crippen molar-refractivity contribution in [1.82, 2.24) is 20.1 Å². The van der Waals surface area contributed by atoms with Gasteiger partial charge in [0.05, 0.1) is 37.9 Å². The number of carbonyl (C=O) groups excluding carboxylic acids is 1. The van der Waals surface area contributed by atoms with E-state index in [2.05, 4.69) is 10.4 Å². The molecule has 0 spiro atoms. The van der Waals surface area contributed by atoms with E-state index in [9.17, 15) is 9.18 Å². The van der Waals surface area contributed by atoms with Gasteiger partial charge in [0.1, 0.15) is 5.82 Å². The van der Waals surface area contributed by atoms with Gasteiger partial charge in [-0.1, -0.05) is 12.1 Å². The molecule has 0 saturated carbocycles. The summed E-state index contributed by atoms with van der Waals surface area (Å²) in [6.45, 7) is 0.420. The molecular formula is C28H26FN5O3. The fraction of sp³-hybridized carbons (Fsp3) is 0.179. The normalized spacial score (nSPS) is 12.9. The van der Waals surface area contributed by atoms with E-state index in [-0.39, 0.29) is 11.8 Å². The van der Waals surface area contributed by atoms with Gasteiger partial charge >= 0.3 is 6.03 Å². The minimum atomic E-state index is -0.286. The van der Waals surface area contributed by atoms with E-state index in [1.165, 1.54) is 17.1 Å². The molecule has 8 nitrogen and oxygen atoms in total. The highest BCUT2D eigenvalue weighted by Crippen LogP contribution is 2.33. The van der Waals surface area contributed by atoms with E-state index < -0.39 is 0 Å². The second-order valence-corrected chi connectivity index (χ2v) is 8.44. The number of carbonyl (C=O) groups is 1. The average Bonchev–Trinajstić information content (AvgIpc) is 3.35. The van der Waals surface area contributed by atoms with E-state index in [4.69, 9.17) is 14.6 Å². The van der Waals surface area contributed by atoms with Gasteiger partial charge in [-0.2, -0.15) is 10.2 Å². The van der Waals surface area contributed by atoms with Gasteiger partial charge in [0.15, 0.2) is 11.5 Å². The summed E-state index contributed by atoms with van der Waals surface area (Å²) in [4.78, 5) is 12.5. The fourth-order valence-corrected chi connectivity index (χ4v) is 4.30. The summed E-state index contributed by atoms with van der Waals surface area (Å²) < 4.78 is 26.1. The maximum Gasteiger partial charge on any atom is 0.337 e. The number of amides is 2. The van der Waals surface area contributed by atoms with E-state index in [1.807, 2.05) is 48.7 Å². The van der Waals surface area contributed by atoms with Crippen molar-refractivity contribution in [3.05, 3.63) is 95.4 Å². The third-order valence-electron chi connectivity index (χ3n) is 6.26. The van der Waals surface area contributed by atoms with Crippen LogP contribution < -0.4 is 14.8 Å². The molecule has 0 radical (unpaired) electrons. The molecule has 2 amide bonds. The molecule has 1 N–H and O–H groups in total. The molecule has 4 aromatic rings. The lowest BCUT2D eigenvalue weighted by atomic mass is 9.95. The summed E-state index contributed by atoms with van der Waals surface area (Å²) >= 11 is 0. The van der Waals surface area contributed by atoms with Gasteiger partial charge in [-0.25, -0.2) is 18.9 Å². The molecule has 1 aromatic heterocycles. The van der Waals surface area contributed by atoms with Crippen molar-refractivity contribution in [2.45, 2.75) is 6.42 Å². The number of nitrogens with zero attached hydrogens (tertiary/aromatic N) is 4. The Morgan fingerprint density at radius 2 is 1.62 bits per heavy atom. The summed E-state index contributed by atoms with van der Waals surface area (Å²) in [5.41, 5.74) is 5.78. The van der Waals surface area contributed by atoms with E-state index >= 15 is 0 Å². The van der Waals surface area contributed by atoms with Gasteiger partial charge in [0.2, 0.25) is 0 Å². The van der Waals surface area contributed by atoms with Crippen LogP contribution in [0.3, 0.4) is 0 Å². The van der Waals surface area contributed by atoms with Crippen LogP contribution in [0.5, 0.6) is 11.5 Å². The smallest absolute Gasteiger partial charge is 0.337 e. The molecule has 188 valence electrons. The second-order valence-electron chi connectivity index (χ2n) is 8.44. The van der Waals surface area contributed by atoms with Crippen LogP contribution in [0, 0.1) is 5.82 Å². The summed E-state index contributed by atoms with van der Waals surface area (Å²) in [5.74, 6) is 0.927. The van der Waals surface area contributed by atoms with E-state index in [0.717, 1.165) is 33.6 Å². The Balaban J connectivity index is 1.52. The summed E-state index contributed by atoms with van der Waals surface area (Å²) in [5, 5.41) is 13.5. The van der Waals surface area contributed by atoms with Crippen molar-refractivity contribution in [3.63, 3.8) is 0 Å². The molecule has 0 bridgehead atoms. The Hall–Kier alpha value is -4.66. The minimum absolute atomic E-state index is 0.284. The highest BCUT2D eigenvalue weighted by atomic mass is 19.1. The molecule has 3 aromatic carbocycles. The zero-order valence-electron chi connectivity index (χ0n) is 20.7. The molecule has 0 saturated heterocycles. The zero-order valence-corrected chi connectivity index (χ0v) is 20.7. The molecule has 1 aliphatic rings. The lowest BCUT2D eigenvalue weighted by Crippen LogP contribution is -2.35. The van der Waals surface area contributed by atoms with Crippen molar-refractivity contribution in [1.29, 1.82) is 0 Å². The Labute approximate surface area is 213 Å². The van der Waals surface area contributed by atoms with Gasteiger partial charge in [-0.05, 0) is 66.6 Å². The molecular weight excluding hydrogens is 473 g/mol. The number of fused-ring (bicyclic) bond motifs is 1. The minimum Gasteiger partial charge on any atom is -0.493 e. The SMILES string of the molecule is CNC(=O)N1CCc2cc(OC)c(OC)cc2C(c2ccc(-n3ccc(-c4ccc(F)cc4)n3)cc2)=N1. The lowest BCUT2D eigenvalue weighted by Gasteiger charge is -2.16. The van der Waals surface area contributed by atoms with Crippen LogP contribution in [0.1, 0.15) is 16.7 Å². The van der Waals surface area contributed by atoms with E-state index in [1.54, 1.807) is 38.1 Å². The molecule has 37 heavy (non-hydrogen) atoms. The number of halogens is 1. The van der Waals surface area contributed by atoms with Crippen molar-refractivity contribution in [2.24, 2.45) is 5.10 Å². The first-order valence-electron chi connectivity index (χ1n) is 11.8. The summed E-state index contributed by atoms with van der Waals surface area (Å²) in [7, 11) is 4.77. The first-order chi connectivity index (χ1) is 18.0. The first kappa shape index (κ1) is 24.1. The van der Waals surface area contributed by atoms with Crippen LogP contribution in [0.25, 0.3) is 16.9 Å². The number of urea groups is 1. The molecule has 9 heteroatoms. The number of hydrogen-bond donors (Lipinski definition) is 1. The highest BCUT2D eigenvalue weighted by molar-refractivity contribution is 6.14. The number of hydrazone groups is 1. The van der Waals surface area contributed by atoms with Crippen LogP contribution in [-0.4, -0.2) is 54.3 Å². The first-order valence-corrected chi connectivity index (χ1v) is 11.8. The quantitative estimate of drug-likeness (QED) is 0.434. The van der Waals surface area contributed by atoms with Gasteiger partial charge in [0.25, 0.3) is 0 Å². The van der Waals surface area contributed by atoms with Crippen LogP contribution in [-0.2, 0) is 6.42 Å². The molecule has 0 unspecified atom stereocenters. The molecule has 0 atom stereocenters. The monoisotopic (exact) mass is 499 g/mol. The molecule has 1 aliphatic heterocycles. The van der Waals surface area contributed by atoms with Crippen molar-refractivity contribution in [2.75, 3.05) is 27.8 Å². The Bertz CT molecular complexity index is 1460. The molecule has 0 aliphatic carbocycles. The van der Waals surface area contributed by atoms with Crippen LogP contribution >= 0.6 is 0 Å². The third-order valence-corrected chi connectivity index (χ3v) is 6.26. The number of hydrogen-bond acceptors (Lipinski definition) is 5. The average molecular weight is 500 g/mol. The Kier molecular flexibility index (Phi) is 6.59. The number of ether oxygens (including phenoxy) is 2. The summed E-state index contributed by atoms with van der Waals surface area (Å²) in [6, 6.07) is 19.4. The molecule has 2 heterocycles. The number of rotatable bonds is 5. The Morgan fingerprint density at radius 1 is 0.946 bits per heavy atom. The number of nitrogens with one attached hydrogen (secondary N) is 1. The van der Waals surface area contributed by atoms with Crippen molar-refractivity contribution >= 4 is 11.7 Å². The Morgan fingerprint density at radius 3 is 2.30 bits per heavy atom. The predicted octanol–water partition coefficient (Wildman–Crippen LogP) is 4.65. The van der Waals surface area contributed by atoms with Gasteiger partial charge in [-0.15, -0.1) is 0 Å². The third kappa shape index (κ3) is 4.75. The van der Waals surface area contributed by atoms with Gasteiger partial charge in [-0.3, -0.25) is 0 Å². The number of methoxy groups -OCH3 is 2. The maximum absolute atomic E-state index is 13.3. The largest absolute Gasteiger partial charge is 0.493 e. The van der Waals surface area contributed by atoms with Crippen LogP contribution in [0.2, 0.25) is 0 Å². The van der Waals surface area contributed by atoms with E-state index in [0.29, 0.717) is 30.2 Å². The summed E-state index contributed by atoms with van der Waals surface area (Å²) in [6.07, 6.45) is 2.46. The highest BCUT2D eigenvalue weighted by Gasteiger charge is 2.24. The predicted molar refractivity (Wildman–Crippen MR) is 139 cm³/mol. The maximum atomic E-state index is 13.3. The zero-order chi connectivity index (χ0) is 25.9. The lowest BCUT2D eigenvalue weighted by molar-refractivity contribution is 0.203. The van der Waals surface area contributed by atoms with Gasteiger partial charge in [0, 0.05) is 29.9 Å². The van der Waals surface area contributed by atoms with Gasteiger partial charge < -0.3 is 14.8 Å². The standard InChI is InChI=1S/C28H26FN5O3/c1-30-28(35)34-14-12-20-16-25(36-2)26(37-3)17-23(20)27(32-34)19-6-10-22(11-7-19)33-15-13-24(31-33)18-4-8-21(29)9-5-18/h4-11,13,15-17H,12,14H2,1-3H3,(H,30,35). The van der Waals surface area contributed by atoms with Crippen molar-refractivity contribution in [3.8, 4) is 28.4 Å². The molecule has 0 fully saturated rings.